The van der Waals surface area contributed by atoms with Gasteiger partial charge in [-0.3, -0.25) is 0 Å². The van der Waals surface area contributed by atoms with Crippen LogP contribution in [-0.2, 0) is 16.8 Å². The van der Waals surface area contributed by atoms with E-state index < -0.39 is 11.1 Å². The van der Waals surface area contributed by atoms with Crippen LogP contribution in [0.5, 0.6) is 0 Å². The second-order valence-electron chi connectivity index (χ2n) is 4.30. The SMILES string of the molecule is O=S(O)Cc1ccc(C2CCCC2)cc1Cl. The van der Waals surface area contributed by atoms with Crippen LogP contribution in [0, 0.1) is 0 Å². The Balaban J connectivity index is 2.18. The van der Waals surface area contributed by atoms with Crippen LogP contribution in [0.3, 0.4) is 0 Å². The molecule has 1 N–H and O–H groups in total. The van der Waals surface area contributed by atoms with Crippen molar-refractivity contribution in [2.75, 3.05) is 0 Å². The fraction of sp³-hybridized carbons (Fsp3) is 0.500. The summed E-state index contributed by atoms with van der Waals surface area (Å²) in [7, 11) is 0. The first-order valence-electron chi connectivity index (χ1n) is 5.52. The molecule has 1 saturated carbocycles. The summed E-state index contributed by atoms with van der Waals surface area (Å²) < 4.78 is 19.5. The van der Waals surface area contributed by atoms with Gasteiger partial charge in [0.2, 0.25) is 0 Å². The predicted molar refractivity (Wildman–Crippen MR) is 67.1 cm³/mol. The first-order valence-corrected chi connectivity index (χ1v) is 7.18. The molecule has 0 radical (unpaired) electrons. The summed E-state index contributed by atoms with van der Waals surface area (Å²) in [6, 6.07) is 5.88. The summed E-state index contributed by atoms with van der Waals surface area (Å²) in [5, 5.41) is 0.617. The lowest BCUT2D eigenvalue weighted by atomic mass is 9.97. The van der Waals surface area contributed by atoms with E-state index in [-0.39, 0.29) is 5.75 Å². The molecule has 1 aromatic carbocycles. The quantitative estimate of drug-likeness (QED) is 0.839. The van der Waals surface area contributed by atoms with Gasteiger partial charge >= 0.3 is 0 Å². The maximum absolute atomic E-state index is 10.7. The van der Waals surface area contributed by atoms with Gasteiger partial charge < -0.3 is 4.55 Å². The van der Waals surface area contributed by atoms with E-state index in [1.807, 2.05) is 18.2 Å². The van der Waals surface area contributed by atoms with Crippen molar-refractivity contribution in [3.05, 3.63) is 34.3 Å². The molecule has 2 rings (SSSR count). The number of hydrogen-bond acceptors (Lipinski definition) is 1. The van der Waals surface area contributed by atoms with Crippen molar-refractivity contribution in [1.29, 1.82) is 0 Å². The van der Waals surface area contributed by atoms with E-state index in [0.717, 1.165) is 5.56 Å². The Labute approximate surface area is 103 Å². The zero-order chi connectivity index (χ0) is 11.5. The summed E-state index contributed by atoms with van der Waals surface area (Å²) >= 11 is 4.29. The lowest BCUT2D eigenvalue weighted by Crippen LogP contribution is -1.97. The van der Waals surface area contributed by atoms with Crippen molar-refractivity contribution in [2.45, 2.75) is 37.4 Å². The van der Waals surface area contributed by atoms with Crippen LogP contribution in [0.1, 0.15) is 42.7 Å². The molecule has 0 amide bonds. The van der Waals surface area contributed by atoms with Gasteiger partial charge in [0.05, 0.1) is 5.75 Å². The molecule has 0 spiro atoms. The van der Waals surface area contributed by atoms with E-state index in [2.05, 4.69) is 0 Å². The third-order valence-corrected chi connectivity index (χ3v) is 4.09. The molecule has 0 bridgehead atoms. The van der Waals surface area contributed by atoms with Crippen LogP contribution in [-0.4, -0.2) is 8.76 Å². The zero-order valence-electron chi connectivity index (χ0n) is 8.99. The third-order valence-electron chi connectivity index (χ3n) is 3.18. The minimum absolute atomic E-state index is 0.115. The zero-order valence-corrected chi connectivity index (χ0v) is 10.6. The highest BCUT2D eigenvalue weighted by Crippen LogP contribution is 2.35. The molecule has 1 atom stereocenters. The average molecular weight is 259 g/mol. The normalized spacial score (nSPS) is 18.9. The molecule has 1 aromatic rings. The van der Waals surface area contributed by atoms with Crippen LogP contribution >= 0.6 is 11.6 Å². The molecular weight excluding hydrogens is 244 g/mol. The van der Waals surface area contributed by atoms with Crippen LogP contribution in [0.4, 0.5) is 0 Å². The molecule has 2 nitrogen and oxygen atoms in total. The molecule has 1 unspecified atom stereocenters. The van der Waals surface area contributed by atoms with Crippen molar-refractivity contribution in [3.8, 4) is 0 Å². The van der Waals surface area contributed by atoms with Gasteiger partial charge in [0, 0.05) is 5.02 Å². The van der Waals surface area contributed by atoms with Gasteiger partial charge in [-0.15, -0.1) is 0 Å². The highest BCUT2D eigenvalue weighted by molar-refractivity contribution is 7.78. The molecule has 88 valence electrons. The van der Waals surface area contributed by atoms with Crippen LogP contribution in [0.25, 0.3) is 0 Å². The average Bonchev–Trinajstić information content (AvgIpc) is 2.73. The molecule has 4 heteroatoms. The standard InChI is InChI=1S/C12H15ClO2S/c13-12-7-10(9-3-1-2-4-9)5-6-11(12)8-16(14)15/h5-7,9H,1-4,8H2,(H,14,15). The molecular formula is C12H15ClO2S. The van der Waals surface area contributed by atoms with E-state index in [9.17, 15) is 4.21 Å². The summed E-state index contributed by atoms with van der Waals surface area (Å²) in [6.45, 7) is 0. The number of hydrogen-bond donors (Lipinski definition) is 1. The lowest BCUT2D eigenvalue weighted by Gasteiger charge is -2.11. The largest absolute Gasteiger partial charge is 0.306 e. The fourth-order valence-corrected chi connectivity index (χ4v) is 3.18. The Morgan fingerprint density at radius 2 is 2.06 bits per heavy atom. The van der Waals surface area contributed by atoms with Gasteiger partial charge in [-0.25, -0.2) is 4.21 Å². The number of benzene rings is 1. The molecule has 0 saturated heterocycles. The van der Waals surface area contributed by atoms with Crippen LogP contribution < -0.4 is 0 Å². The molecule has 0 aliphatic heterocycles. The second-order valence-corrected chi connectivity index (χ2v) is 5.64. The molecule has 0 heterocycles. The maximum Gasteiger partial charge on any atom is 0.157 e. The van der Waals surface area contributed by atoms with Gasteiger partial charge in [-0.05, 0) is 36.0 Å². The number of halogens is 1. The maximum atomic E-state index is 10.7. The summed E-state index contributed by atoms with van der Waals surface area (Å²) in [5.41, 5.74) is 2.03. The first kappa shape index (κ1) is 12.1. The van der Waals surface area contributed by atoms with Gasteiger partial charge in [-0.2, -0.15) is 0 Å². The van der Waals surface area contributed by atoms with Gasteiger partial charge in [-0.1, -0.05) is 36.6 Å². The van der Waals surface area contributed by atoms with E-state index in [4.69, 9.17) is 16.2 Å². The molecule has 1 aliphatic rings. The first-order chi connectivity index (χ1) is 7.66. The summed E-state index contributed by atoms with van der Waals surface area (Å²) in [4.78, 5) is 0. The van der Waals surface area contributed by atoms with Crippen molar-refractivity contribution in [2.24, 2.45) is 0 Å². The number of rotatable bonds is 3. The van der Waals surface area contributed by atoms with E-state index in [0.29, 0.717) is 10.9 Å². The van der Waals surface area contributed by atoms with Crippen LogP contribution in [0.2, 0.25) is 5.02 Å². The van der Waals surface area contributed by atoms with Crippen molar-refractivity contribution < 1.29 is 8.76 Å². The van der Waals surface area contributed by atoms with Crippen molar-refractivity contribution in [1.82, 2.24) is 0 Å². The molecule has 16 heavy (non-hydrogen) atoms. The van der Waals surface area contributed by atoms with E-state index >= 15 is 0 Å². The van der Waals surface area contributed by atoms with Crippen LogP contribution in [0.15, 0.2) is 18.2 Å². The Kier molecular flexibility index (Phi) is 4.00. The fourth-order valence-electron chi connectivity index (χ4n) is 2.33. The Bertz CT molecular complexity index is 400. The predicted octanol–water partition coefficient (Wildman–Crippen LogP) is 3.72. The Morgan fingerprint density at radius 1 is 1.38 bits per heavy atom. The smallest absolute Gasteiger partial charge is 0.157 e. The van der Waals surface area contributed by atoms with E-state index in [1.165, 1.54) is 31.2 Å². The Morgan fingerprint density at radius 3 is 2.62 bits per heavy atom. The highest BCUT2D eigenvalue weighted by atomic mass is 35.5. The topological polar surface area (TPSA) is 37.3 Å². The van der Waals surface area contributed by atoms with Crippen molar-refractivity contribution >= 4 is 22.7 Å². The van der Waals surface area contributed by atoms with E-state index in [1.54, 1.807) is 0 Å². The molecule has 1 aliphatic carbocycles. The monoisotopic (exact) mass is 258 g/mol. The minimum Gasteiger partial charge on any atom is -0.306 e. The third kappa shape index (κ3) is 2.84. The lowest BCUT2D eigenvalue weighted by molar-refractivity contribution is 0.563. The van der Waals surface area contributed by atoms with Crippen molar-refractivity contribution in [3.63, 3.8) is 0 Å². The summed E-state index contributed by atoms with van der Waals surface area (Å²) in [5.74, 6) is 0.746. The van der Waals surface area contributed by atoms with Gasteiger partial charge in [0.25, 0.3) is 0 Å². The van der Waals surface area contributed by atoms with Gasteiger partial charge in [0.1, 0.15) is 0 Å². The highest BCUT2D eigenvalue weighted by Gasteiger charge is 2.17. The Hall–Kier alpha value is -0.380. The van der Waals surface area contributed by atoms with Gasteiger partial charge in [0.15, 0.2) is 11.1 Å². The molecule has 1 fully saturated rings. The second kappa shape index (κ2) is 5.30. The molecule has 0 aromatic heterocycles. The summed E-state index contributed by atoms with van der Waals surface area (Å²) in [6.07, 6.45) is 5.07. The minimum atomic E-state index is -1.82.